The highest BCUT2D eigenvalue weighted by molar-refractivity contribution is 4.64. The normalized spacial score (nSPS) is 9.44. The standard InChI is InChI=1S/C3H7N.HIO4/c1-2-3-4;2-1(3,4)5/h2H,1,3-4H2;2H. The molecule has 0 unspecified atom stereocenters. The molecule has 5 nitrogen and oxygen atoms in total. The first-order chi connectivity index (χ1) is 3.91. The molecule has 0 aromatic heterocycles. The number of hydrogen-bond acceptors (Lipinski definition) is 5. The predicted octanol–water partition coefficient (Wildman–Crippen LogP) is -6.99. The maximum atomic E-state index is 8.73. The molecule has 0 fully saturated rings. The summed E-state index contributed by atoms with van der Waals surface area (Å²) >= 11 is -5.69. The lowest BCUT2D eigenvalue weighted by atomic mass is 10.7. The van der Waals surface area contributed by atoms with Gasteiger partial charge in [-0.1, -0.05) is 6.08 Å². The van der Waals surface area contributed by atoms with Gasteiger partial charge in [0.25, 0.3) is 0 Å². The summed E-state index contributed by atoms with van der Waals surface area (Å²) < 4.78 is 33.2. The van der Waals surface area contributed by atoms with Crippen LogP contribution in [-0.4, -0.2) is 9.98 Å². The van der Waals surface area contributed by atoms with Crippen molar-refractivity contribution in [3.63, 3.8) is 0 Å². The van der Waals surface area contributed by atoms with Crippen LogP contribution in [0, 0.1) is 0 Å². The van der Waals surface area contributed by atoms with E-state index in [4.69, 9.17) is 19.5 Å². The minimum absolute atomic E-state index is 0.583. The quantitative estimate of drug-likeness (QED) is 0.354. The first-order valence-electron chi connectivity index (χ1n) is 1.86. The molecule has 56 valence electrons. The van der Waals surface area contributed by atoms with Crippen LogP contribution in [0.2, 0.25) is 0 Å². The molecule has 0 aromatic rings. The van der Waals surface area contributed by atoms with Crippen molar-refractivity contribution in [3.8, 4) is 0 Å². The van der Waals surface area contributed by atoms with Crippen molar-refractivity contribution >= 4 is 0 Å². The van der Waals surface area contributed by atoms with Crippen LogP contribution in [0.4, 0.5) is 0 Å². The molecular formula is C3H8INO4. The highest BCUT2D eigenvalue weighted by Gasteiger charge is 2.11. The Morgan fingerprint density at radius 2 is 1.67 bits per heavy atom. The van der Waals surface area contributed by atoms with Crippen molar-refractivity contribution in [2.75, 3.05) is 6.54 Å². The summed E-state index contributed by atoms with van der Waals surface area (Å²) in [4.78, 5) is 0. The lowest BCUT2D eigenvalue weighted by Gasteiger charge is -1.93. The average Bonchev–Trinajstić information content (AvgIpc) is 1.61. The third kappa shape index (κ3) is 202. The molecule has 0 amide bonds. The zero-order valence-electron chi connectivity index (χ0n) is 4.62. The zero-order valence-corrected chi connectivity index (χ0v) is 6.78. The Labute approximate surface area is 59.1 Å². The number of hydrogen-bond donors (Lipinski definition) is 2. The van der Waals surface area contributed by atoms with Crippen molar-refractivity contribution < 1.29 is 33.8 Å². The molecule has 0 aliphatic rings. The van der Waals surface area contributed by atoms with Gasteiger partial charge in [-0.25, -0.2) is 0 Å². The van der Waals surface area contributed by atoms with Gasteiger partial charge in [-0.15, -0.1) is 6.58 Å². The van der Waals surface area contributed by atoms with Crippen LogP contribution in [0.1, 0.15) is 0 Å². The Bertz CT molecular complexity index is 64.7. The summed E-state index contributed by atoms with van der Waals surface area (Å²) in [5.41, 5.74) is 4.91. The molecule has 0 bridgehead atoms. The highest BCUT2D eigenvalue weighted by atomic mass is 127. The minimum Gasteiger partial charge on any atom is -0.327 e. The maximum Gasteiger partial charge on any atom is 0.368 e. The highest BCUT2D eigenvalue weighted by Crippen LogP contribution is 1.40. The Balaban J connectivity index is 0. The third-order valence-corrected chi connectivity index (χ3v) is 0.167. The van der Waals surface area contributed by atoms with Crippen molar-refractivity contribution in [2.45, 2.75) is 0 Å². The van der Waals surface area contributed by atoms with E-state index < -0.39 is 20.1 Å². The van der Waals surface area contributed by atoms with Gasteiger partial charge in [0.2, 0.25) is 0 Å². The Morgan fingerprint density at radius 3 is 1.67 bits per heavy atom. The number of rotatable bonds is 1. The van der Waals surface area contributed by atoms with Gasteiger partial charge in [-0.05, 0) is 0 Å². The lowest BCUT2D eigenvalue weighted by molar-refractivity contribution is -1.92. The Morgan fingerprint density at radius 1 is 1.56 bits per heavy atom. The fraction of sp³-hybridized carbons (Fsp3) is 0.333. The molecule has 3 N–H and O–H groups in total. The SMILES string of the molecule is C=CCN.[O-][I+3]([O-])([O-])O. The van der Waals surface area contributed by atoms with Gasteiger partial charge in [-0.2, -0.15) is 0 Å². The molecule has 6 heteroatoms. The number of halogens is 1. The Kier molecular flexibility index (Phi) is 8.52. The molecule has 0 atom stereocenters. The largest absolute Gasteiger partial charge is 0.368 e. The van der Waals surface area contributed by atoms with Gasteiger partial charge >= 0.3 is 20.1 Å². The van der Waals surface area contributed by atoms with E-state index in [9.17, 15) is 0 Å². The van der Waals surface area contributed by atoms with Crippen LogP contribution in [0.15, 0.2) is 12.7 Å². The molecule has 0 rings (SSSR count). The van der Waals surface area contributed by atoms with Crippen LogP contribution in [0.3, 0.4) is 0 Å². The van der Waals surface area contributed by atoms with Gasteiger partial charge in [-0.3, -0.25) is 10.3 Å². The molecule has 0 spiro atoms. The van der Waals surface area contributed by atoms with Gasteiger partial charge in [0.05, 0.1) is 0 Å². The molecule has 0 aliphatic heterocycles. The van der Waals surface area contributed by atoms with E-state index in [2.05, 4.69) is 6.58 Å². The molecule has 0 saturated heterocycles. The second-order valence-corrected chi connectivity index (χ2v) is 3.18. The average molecular weight is 249 g/mol. The second-order valence-electron chi connectivity index (χ2n) is 0.920. The molecule has 0 heterocycles. The van der Waals surface area contributed by atoms with E-state index in [0.717, 1.165) is 0 Å². The van der Waals surface area contributed by atoms with Crippen molar-refractivity contribution in [3.05, 3.63) is 12.7 Å². The van der Waals surface area contributed by atoms with Crippen LogP contribution in [-0.2, 0) is 0 Å². The van der Waals surface area contributed by atoms with E-state index >= 15 is 0 Å². The van der Waals surface area contributed by atoms with Gasteiger partial charge < -0.3 is 5.73 Å². The summed E-state index contributed by atoms with van der Waals surface area (Å²) in [6.07, 6.45) is 1.65. The van der Waals surface area contributed by atoms with Crippen LogP contribution in [0.25, 0.3) is 0 Å². The van der Waals surface area contributed by atoms with Crippen molar-refractivity contribution in [2.24, 2.45) is 5.73 Å². The predicted molar refractivity (Wildman–Crippen MR) is 21.5 cm³/mol. The summed E-state index contributed by atoms with van der Waals surface area (Å²) in [5.74, 6) is 0. The van der Waals surface area contributed by atoms with Gasteiger partial charge in [0, 0.05) is 9.98 Å². The molecule has 0 saturated carbocycles. The number of nitrogens with two attached hydrogens (primary N) is 1. The summed E-state index contributed by atoms with van der Waals surface area (Å²) in [7, 11) is 0. The molecule has 0 radical (unpaired) electrons. The first kappa shape index (κ1) is 12.0. The zero-order chi connectivity index (χ0) is 7.91. The Hall–Kier alpha value is 0.270. The van der Waals surface area contributed by atoms with E-state index in [1.165, 1.54) is 0 Å². The molecule has 0 aliphatic carbocycles. The van der Waals surface area contributed by atoms with E-state index in [1.54, 1.807) is 6.08 Å². The van der Waals surface area contributed by atoms with Crippen molar-refractivity contribution in [1.29, 1.82) is 0 Å². The summed E-state index contributed by atoms with van der Waals surface area (Å²) in [6.45, 7) is 3.94. The second kappa shape index (κ2) is 6.39. The van der Waals surface area contributed by atoms with E-state index in [0.29, 0.717) is 6.54 Å². The fourth-order valence-electron chi connectivity index (χ4n) is 0. The topological polar surface area (TPSA) is 115 Å². The lowest BCUT2D eigenvalue weighted by Crippen LogP contribution is -4.23. The van der Waals surface area contributed by atoms with Gasteiger partial charge in [0.1, 0.15) is 0 Å². The van der Waals surface area contributed by atoms with Crippen molar-refractivity contribution in [1.82, 2.24) is 0 Å². The smallest absolute Gasteiger partial charge is 0.327 e. The van der Waals surface area contributed by atoms with E-state index in [-0.39, 0.29) is 0 Å². The minimum atomic E-state index is -5.69. The molecule has 9 heavy (non-hydrogen) atoms. The molecule has 0 aromatic carbocycles. The third-order valence-electron chi connectivity index (χ3n) is 0.167. The monoisotopic (exact) mass is 249 g/mol. The molecular weight excluding hydrogens is 241 g/mol. The maximum absolute atomic E-state index is 8.73. The first-order valence-corrected chi connectivity index (χ1v) is 5.46. The van der Waals surface area contributed by atoms with Crippen LogP contribution < -0.4 is 36.1 Å². The van der Waals surface area contributed by atoms with E-state index in [1.807, 2.05) is 0 Å². The summed E-state index contributed by atoms with van der Waals surface area (Å²) in [5, 5.41) is 0. The fourth-order valence-corrected chi connectivity index (χ4v) is 0. The van der Waals surface area contributed by atoms with Crippen LogP contribution in [0.5, 0.6) is 0 Å². The summed E-state index contributed by atoms with van der Waals surface area (Å²) in [6, 6.07) is 0. The van der Waals surface area contributed by atoms with Crippen LogP contribution >= 0.6 is 0 Å². The van der Waals surface area contributed by atoms with Gasteiger partial charge in [0.15, 0.2) is 0 Å².